The summed E-state index contributed by atoms with van der Waals surface area (Å²) in [5.41, 5.74) is 3.51. The Hall–Kier alpha value is -0.820. The zero-order chi connectivity index (χ0) is 13.0. The smallest absolute Gasteiger partial charge is 0.00134 e. The topological polar surface area (TPSA) is 12.0 Å². The Morgan fingerprint density at radius 2 is 1.83 bits per heavy atom. The molecule has 18 heavy (non-hydrogen) atoms. The van der Waals surface area contributed by atoms with Gasteiger partial charge in [-0.1, -0.05) is 51.0 Å². The third kappa shape index (κ3) is 3.35. The van der Waals surface area contributed by atoms with E-state index in [1.165, 1.54) is 44.2 Å². The molecule has 1 fully saturated rings. The van der Waals surface area contributed by atoms with Gasteiger partial charge >= 0.3 is 0 Å². The summed E-state index contributed by atoms with van der Waals surface area (Å²) in [5, 5.41) is 3.67. The van der Waals surface area contributed by atoms with E-state index >= 15 is 0 Å². The summed E-state index contributed by atoms with van der Waals surface area (Å²) < 4.78 is 0. The van der Waals surface area contributed by atoms with E-state index in [0.717, 1.165) is 0 Å². The molecule has 0 aromatic heterocycles. The lowest BCUT2D eigenvalue weighted by atomic mass is 9.79. The molecule has 1 nitrogen and oxygen atoms in total. The molecule has 0 heterocycles. The molecule has 0 unspecified atom stereocenters. The number of hydrogen-bond donors (Lipinski definition) is 1. The highest BCUT2D eigenvalue weighted by Gasteiger charge is 2.33. The van der Waals surface area contributed by atoms with E-state index in [2.05, 4.69) is 50.4 Å². The second-order valence-corrected chi connectivity index (χ2v) is 6.35. The lowest BCUT2D eigenvalue weighted by Crippen LogP contribution is -2.37. The van der Waals surface area contributed by atoms with Crippen molar-refractivity contribution in [3.63, 3.8) is 0 Å². The van der Waals surface area contributed by atoms with Gasteiger partial charge in [-0.05, 0) is 42.7 Å². The number of nitrogens with one attached hydrogen (secondary N) is 1. The molecule has 0 spiro atoms. The van der Waals surface area contributed by atoms with Crippen LogP contribution in [0.1, 0.15) is 50.7 Å². The molecule has 1 aromatic carbocycles. The maximum absolute atomic E-state index is 3.67. The summed E-state index contributed by atoms with van der Waals surface area (Å²) in [6.45, 7) is 7.92. The first-order valence-electron chi connectivity index (χ1n) is 7.39. The molecule has 0 aliphatic heterocycles. The van der Waals surface area contributed by atoms with Crippen molar-refractivity contribution in [2.24, 2.45) is 5.41 Å². The normalized spacial score (nSPS) is 18.4. The second-order valence-electron chi connectivity index (χ2n) is 6.35. The minimum absolute atomic E-state index is 0.510. The third-order valence-corrected chi connectivity index (χ3v) is 4.38. The van der Waals surface area contributed by atoms with E-state index in [1.54, 1.807) is 5.56 Å². The molecular weight excluding hydrogens is 218 g/mol. The van der Waals surface area contributed by atoms with Gasteiger partial charge in [0.05, 0.1) is 0 Å². The molecule has 0 atom stereocenters. The fourth-order valence-electron chi connectivity index (χ4n) is 3.17. The molecule has 2 rings (SSSR count). The van der Waals surface area contributed by atoms with E-state index in [-0.39, 0.29) is 0 Å². The molecule has 1 aromatic rings. The van der Waals surface area contributed by atoms with Gasteiger partial charge in [0.25, 0.3) is 0 Å². The van der Waals surface area contributed by atoms with Crippen LogP contribution in [0, 0.1) is 12.3 Å². The molecule has 1 aliphatic carbocycles. The van der Waals surface area contributed by atoms with Crippen molar-refractivity contribution in [1.29, 1.82) is 0 Å². The summed E-state index contributed by atoms with van der Waals surface area (Å²) in [4.78, 5) is 0. The molecule has 0 radical (unpaired) electrons. The van der Waals surface area contributed by atoms with Crippen molar-refractivity contribution in [2.75, 3.05) is 6.54 Å². The molecule has 1 heteroatoms. The van der Waals surface area contributed by atoms with E-state index in [1.807, 2.05) is 0 Å². The number of rotatable bonds is 5. The number of benzene rings is 1. The largest absolute Gasteiger partial charge is 0.314 e. The van der Waals surface area contributed by atoms with Gasteiger partial charge in [0.1, 0.15) is 0 Å². The Balaban J connectivity index is 2.08. The maximum atomic E-state index is 3.67. The monoisotopic (exact) mass is 245 g/mol. The highest BCUT2D eigenvalue weighted by atomic mass is 14.9. The van der Waals surface area contributed by atoms with E-state index in [9.17, 15) is 0 Å². The molecule has 1 aliphatic rings. The van der Waals surface area contributed by atoms with Crippen LogP contribution in [0.2, 0.25) is 0 Å². The Bertz CT molecular complexity index is 375. The minimum atomic E-state index is 0.510. The van der Waals surface area contributed by atoms with Gasteiger partial charge in [0, 0.05) is 12.6 Å². The lowest BCUT2D eigenvalue weighted by Gasteiger charge is -2.31. The fourth-order valence-corrected chi connectivity index (χ4v) is 3.17. The summed E-state index contributed by atoms with van der Waals surface area (Å²) in [6.07, 6.45) is 6.85. The Morgan fingerprint density at radius 1 is 1.17 bits per heavy atom. The van der Waals surface area contributed by atoms with Crippen LogP contribution in [0.3, 0.4) is 0 Å². The predicted molar refractivity (Wildman–Crippen MR) is 78.9 cm³/mol. The molecule has 1 N–H and O–H groups in total. The van der Waals surface area contributed by atoms with Gasteiger partial charge < -0.3 is 5.32 Å². The van der Waals surface area contributed by atoms with Crippen LogP contribution in [-0.2, 0) is 6.42 Å². The van der Waals surface area contributed by atoms with Crippen LogP contribution in [0.15, 0.2) is 24.3 Å². The Labute approximate surface area is 112 Å². The van der Waals surface area contributed by atoms with Gasteiger partial charge in [0.15, 0.2) is 0 Å². The lowest BCUT2D eigenvalue weighted by molar-refractivity contribution is 0.268. The Kier molecular flexibility index (Phi) is 4.45. The summed E-state index contributed by atoms with van der Waals surface area (Å²) >= 11 is 0. The number of hydrogen-bond acceptors (Lipinski definition) is 1. The van der Waals surface area contributed by atoms with Crippen molar-refractivity contribution in [1.82, 2.24) is 5.32 Å². The van der Waals surface area contributed by atoms with Gasteiger partial charge in [-0.25, -0.2) is 0 Å². The quantitative estimate of drug-likeness (QED) is 0.823. The van der Waals surface area contributed by atoms with Crippen LogP contribution in [0.25, 0.3) is 0 Å². The van der Waals surface area contributed by atoms with E-state index < -0.39 is 0 Å². The zero-order valence-corrected chi connectivity index (χ0v) is 12.1. The van der Waals surface area contributed by atoms with E-state index in [4.69, 9.17) is 0 Å². The Morgan fingerprint density at radius 3 is 2.44 bits per heavy atom. The van der Waals surface area contributed by atoms with Crippen LogP contribution in [-0.4, -0.2) is 12.6 Å². The first kappa shape index (κ1) is 13.6. The van der Waals surface area contributed by atoms with Crippen LogP contribution in [0.5, 0.6) is 0 Å². The average Bonchev–Trinajstić information content (AvgIpc) is 2.79. The predicted octanol–water partition coefficient (Wildman–Crippen LogP) is 4.10. The highest BCUT2D eigenvalue weighted by Crippen LogP contribution is 2.41. The van der Waals surface area contributed by atoms with Gasteiger partial charge in [0.2, 0.25) is 0 Å². The van der Waals surface area contributed by atoms with Gasteiger partial charge in [-0.2, -0.15) is 0 Å². The van der Waals surface area contributed by atoms with Crippen molar-refractivity contribution < 1.29 is 0 Å². The van der Waals surface area contributed by atoms with Crippen molar-refractivity contribution >= 4 is 0 Å². The number of aryl methyl sites for hydroxylation is 1. The molecular formula is C17H27N. The molecule has 0 amide bonds. The molecule has 0 bridgehead atoms. The minimum Gasteiger partial charge on any atom is -0.314 e. The van der Waals surface area contributed by atoms with Crippen molar-refractivity contribution in [2.45, 2.75) is 58.9 Å². The first-order chi connectivity index (χ1) is 8.61. The standard InChI is InChI=1S/C17H27N/c1-14(2)18-13-17(10-6-7-11-17)12-16-9-5-4-8-15(16)3/h4-5,8-9,14,18H,6-7,10-13H2,1-3H3. The summed E-state index contributed by atoms with van der Waals surface area (Å²) in [7, 11) is 0. The van der Waals surface area contributed by atoms with Gasteiger partial charge in [-0.3, -0.25) is 0 Å². The summed E-state index contributed by atoms with van der Waals surface area (Å²) in [5.74, 6) is 0. The van der Waals surface area contributed by atoms with Crippen molar-refractivity contribution in [3.05, 3.63) is 35.4 Å². The van der Waals surface area contributed by atoms with Crippen LogP contribution >= 0.6 is 0 Å². The maximum Gasteiger partial charge on any atom is 0.00134 e. The zero-order valence-electron chi connectivity index (χ0n) is 12.1. The molecule has 100 valence electrons. The third-order valence-electron chi connectivity index (χ3n) is 4.38. The second kappa shape index (κ2) is 5.88. The highest BCUT2D eigenvalue weighted by molar-refractivity contribution is 5.27. The van der Waals surface area contributed by atoms with Crippen molar-refractivity contribution in [3.8, 4) is 0 Å². The van der Waals surface area contributed by atoms with Crippen LogP contribution in [0.4, 0.5) is 0 Å². The average molecular weight is 245 g/mol. The fraction of sp³-hybridized carbons (Fsp3) is 0.647. The van der Waals surface area contributed by atoms with Gasteiger partial charge in [-0.15, -0.1) is 0 Å². The summed E-state index contributed by atoms with van der Waals surface area (Å²) in [6, 6.07) is 9.48. The molecule has 0 saturated heterocycles. The molecule has 1 saturated carbocycles. The SMILES string of the molecule is Cc1ccccc1CC1(CNC(C)C)CCCC1. The van der Waals surface area contributed by atoms with Crippen LogP contribution < -0.4 is 5.32 Å². The first-order valence-corrected chi connectivity index (χ1v) is 7.39. The van der Waals surface area contributed by atoms with E-state index in [0.29, 0.717) is 11.5 Å².